The molecular weight excluding hydrogens is 547 g/mol. The maximum absolute atomic E-state index is 14.2. The first-order valence-corrected chi connectivity index (χ1v) is 13.7. The molecule has 0 radical (unpaired) electrons. The highest BCUT2D eigenvalue weighted by molar-refractivity contribution is 6.34. The molecule has 1 saturated heterocycles. The van der Waals surface area contributed by atoms with Crippen molar-refractivity contribution in [3.63, 3.8) is 0 Å². The van der Waals surface area contributed by atoms with E-state index in [-0.39, 0.29) is 36.2 Å². The predicted molar refractivity (Wildman–Crippen MR) is 147 cm³/mol. The van der Waals surface area contributed by atoms with E-state index in [4.69, 9.17) is 16.3 Å². The van der Waals surface area contributed by atoms with Crippen LogP contribution in [0.2, 0.25) is 5.02 Å². The standard InChI is InChI=1S/C29H35ClF3N3O4/c1-35(2)25(37)23-8-7-21(18-24(23)30)34-20-9-11-27(12-10-20)13-15-36(16-14-27)26(38)28(39,29(31,32)33)19-5-4-6-22(17-19)40-3/h4-8,17-18,20,34,39H,9-16H2,1-3H3. The Kier molecular flexibility index (Phi) is 8.61. The summed E-state index contributed by atoms with van der Waals surface area (Å²) in [5.41, 5.74) is -3.01. The number of nitrogens with zero attached hydrogens (tertiary/aromatic N) is 2. The maximum atomic E-state index is 14.2. The number of ether oxygens (including phenoxy) is 1. The number of methoxy groups -OCH3 is 1. The van der Waals surface area contributed by atoms with Gasteiger partial charge in [0.2, 0.25) is 0 Å². The van der Waals surface area contributed by atoms with E-state index < -0.39 is 23.2 Å². The van der Waals surface area contributed by atoms with E-state index in [1.807, 2.05) is 6.07 Å². The van der Waals surface area contributed by atoms with Crippen LogP contribution < -0.4 is 10.1 Å². The largest absolute Gasteiger partial charge is 0.497 e. The smallest absolute Gasteiger partial charge is 0.430 e. The molecule has 1 aliphatic carbocycles. The Balaban J connectivity index is 1.37. The molecule has 1 spiro atoms. The van der Waals surface area contributed by atoms with Crippen LogP contribution in [-0.4, -0.2) is 73.2 Å². The molecule has 2 N–H and O–H groups in total. The van der Waals surface area contributed by atoms with Crippen molar-refractivity contribution in [2.75, 3.05) is 39.6 Å². The van der Waals surface area contributed by atoms with Gasteiger partial charge in [0, 0.05) is 44.5 Å². The SMILES string of the molecule is COc1cccc(C(O)(C(=O)N2CCC3(CCC(Nc4ccc(C(=O)N(C)C)c(Cl)c4)CC3)CC2)C(F)(F)F)c1. The van der Waals surface area contributed by atoms with Crippen molar-refractivity contribution in [1.82, 2.24) is 9.80 Å². The predicted octanol–water partition coefficient (Wildman–Crippen LogP) is 5.46. The number of alkyl halides is 3. The summed E-state index contributed by atoms with van der Waals surface area (Å²) in [7, 11) is 4.64. The van der Waals surface area contributed by atoms with Crippen LogP contribution in [0.3, 0.4) is 0 Å². The number of rotatable bonds is 6. The highest BCUT2D eigenvalue weighted by atomic mass is 35.5. The fourth-order valence-electron chi connectivity index (χ4n) is 5.80. The number of halogens is 4. The lowest BCUT2D eigenvalue weighted by molar-refractivity contribution is -0.262. The van der Waals surface area contributed by atoms with E-state index in [0.29, 0.717) is 23.4 Å². The summed E-state index contributed by atoms with van der Waals surface area (Å²) in [6.07, 6.45) is -0.583. The van der Waals surface area contributed by atoms with Gasteiger partial charge in [-0.15, -0.1) is 0 Å². The number of likely N-dealkylation sites (tertiary alicyclic amines) is 1. The summed E-state index contributed by atoms with van der Waals surface area (Å²) >= 11 is 6.34. The zero-order valence-electron chi connectivity index (χ0n) is 22.9. The molecule has 4 rings (SSSR count). The third-order valence-electron chi connectivity index (χ3n) is 8.34. The van der Waals surface area contributed by atoms with Crippen LogP contribution in [0.4, 0.5) is 18.9 Å². The lowest BCUT2D eigenvalue weighted by Gasteiger charge is -2.47. The molecule has 1 unspecified atom stereocenters. The molecule has 2 aliphatic rings. The van der Waals surface area contributed by atoms with Gasteiger partial charge in [-0.3, -0.25) is 9.59 Å². The van der Waals surface area contributed by atoms with Gasteiger partial charge in [0.15, 0.2) is 0 Å². The van der Waals surface area contributed by atoms with Crippen molar-refractivity contribution in [1.29, 1.82) is 0 Å². The average molecular weight is 582 g/mol. The minimum absolute atomic E-state index is 0.0547. The molecule has 0 aromatic heterocycles. The van der Waals surface area contributed by atoms with E-state index in [9.17, 15) is 27.9 Å². The molecule has 1 saturated carbocycles. The summed E-state index contributed by atoms with van der Waals surface area (Å²) in [4.78, 5) is 28.0. The van der Waals surface area contributed by atoms with Gasteiger partial charge >= 0.3 is 6.18 Å². The topological polar surface area (TPSA) is 82.1 Å². The van der Waals surface area contributed by atoms with Gasteiger partial charge in [0.1, 0.15) is 5.75 Å². The number of amides is 2. The lowest BCUT2D eigenvalue weighted by Crippen LogP contribution is -2.58. The van der Waals surface area contributed by atoms with Crippen LogP contribution in [0.25, 0.3) is 0 Å². The summed E-state index contributed by atoms with van der Waals surface area (Å²) in [5.74, 6) is -1.40. The average Bonchev–Trinajstić information content (AvgIpc) is 2.93. The molecule has 1 heterocycles. The first-order valence-electron chi connectivity index (χ1n) is 13.3. The van der Waals surface area contributed by atoms with E-state index in [1.54, 1.807) is 26.2 Å². The molecular formula is C29H35ClF3N3O4. The second-order valence-corrected chi connectivity index (χ2v) is 11.5. The number of hydrogen-bond acceptors (Lipinski definition) is 5. The van der Waals surface area contributed by atoms with Crippen molar-refractivity contribution in [2.24, 2.45) is 5.41 Å². The van der Waals surface area contributed by atoms with E-state index in [2.05, 4.69) is 5.32 Å². The lowest BCUT2D eigenvalue weighted by atomic mass is 9.66. The van der Waals surface area contributed by atoms with Crippen LogP contribution in [0, 0.1) is 5.41 Å². The first-order chi connectivity index (χ1) is 18.8. The van der Waals surface area contributed by atoms with Crippen LogP contribution in [0.5, 0.6) is 5.75 Å². The quantitative estimate of drug-likeness (QED) is 0.473. The zero-order valence-corrected chi connectivity index (χ0v) is 23.6. The van der Waals surface area contributed by atoms with Crippen molar-refractivity contribution >= 4 is 29.1 Å². The number of benzene rings is 2. The monoisotopic (exact) mass is 581 g/mol. The maximum Gasteiger partial charge on any atom is 0.430 e. The summed E-state index contributed by atoms with van der Waals surface area (Å²) in [6.45, 7) is 0.298. The number of carbonyl (C=O) groups excluding carboxylic acids is 2. The summed E-state index contributed by atoms with van der Waals surface area (Å²) < 4.78 is 47.5. The molecule has 2 aromatic rings. The van der Waals surface area contributed by atoms with Gasteiger partial charge in [-0.1, -0.05) is 23.7 Å². The third-order valence-corrected chi connectivity index (χ3v) is 8.65. The van der Waals surface area contributed by atoms with Crippen molar-refractivity contribution in [3.05, 3.63) is 58.6 Å². The molecule has 2 fully saturated rings. The number of nitrogens with one attached hydrogen (secondary N) is 1. The zero-order chi connectivity index (χ0) is 29.3. The fraction of sp³-hybridized carbons (Fsp3) is 0.517. The first kappa shape index (κ1) is 30.0. The van der Waals surface area contributed by atoms with Crippen LogP contribution >= 0.6 is 11.6 Å². The molecule has 0 bridgehead atoms. The number of piperidine rings is 1. The highest BCUT2D eigenvalue weighted by Crippen LogP contribution is 2.47. The second kappa shape index (κ2) is 11.5. The van der Waals surface area contributed by atoms with Crippen LogP contribution in [0.1, 0.15) is 54.4 Å². The van der Waals surface area contributed by atoms with Gasteiger partial charge in [-0.05, 0) is 74.3 Å². The number of hydrogen-bond donors (Lipinski definition) is 2. The molecule has 11 heteroatoms. The Hall–Kier alpha value is -2.98. The molecule has 1 atom stereocenters. The Labute approximate surface area is 237 Å². The fourth-order valence-corrected chi connectivity index (χ4v) is 6.06. The minimum atomic E-state index is -5.20. The molecule has 2 aromatic carbocycles. The number of anilines is 1. The van der Waals surface area contributed by atoms with Gasteiger partial charge < -0.3 is 25.0 Å². The number of carbonyl (C=O) groups is 2. The summed E-state index contributed by atoms with van der Waals surface area (Å²) in [6, 6.07) is 10.4. The second-order valence-electron chi connectivity index (χ2n) is 11.0. The van der Waals surface area contributed by atoms with E-state index in [0.717, 1.165) is 48.4 Å². The Morgan fingerprint density at radius 1 is 1.07 bits per heavy atom. The van der Waals surface area contributed by atoms with Crippen molar-refractivity contribution in [3.8, 4) is 5.75 Å². The molecule has 1 aliphatic heterocycles. The van der Waals surface area contributed by atoms with Crippen LogP contribution in [-0.2, 0) is 10.4 Å². The summed E-state index contributed by atoms with van der Waals surface area (Å²) in [5, 5.41) is 14.7. The van der Waals surface area contributed by atoms with E-state index >= 15 is 0 Å². The van der Waals surface area contributed by atoms with Gasteiger partial charge in [-0.25, -0.2) is 0 Å². The molecule has 218 valence electrons. The Morgan fingerprint density at radius 3 is 2.27 bits per heavy atom. The normalized spacial score (nSPS) is 19.1. The Bertz CT molecular complexity index is 1240. The van der Waals surface area contributed by atoms with Gasteiger partial charge in [0.05, 0.1) is 17.7 Å². The molecule has 7 nitrogen and oxygen atoms in total. The molecule has 40 heavy (non-hydrogen) atoms. The van der Waals surface area contributed by atoms with Gasteiger partial charge in [0.25, 0.3) is 17.4 Å². The van der Waals surface area contributed by atoms with E-state index in [1.165, 1.54) is 24.1 Å². The highest BCUT2D eigenvalue weighted by Gasteiger charge is 2.62. The van der Waals surface area contributed by atoms with Crippen LogP contribution in [0.15, 0.2) is 42.5 Å². The minimum Gasteiger partial charge on any atom is -0.497 e. The van der Waals surface area contributed by atoms with Gasteiger partial charge in [-0.2, -0.15) is 13.2 Å². The molecule has 2 amide bonds. The third kappa shape index (κ3) is 5.88. The Morgan fingerprint density at radius 2 is 1.73 bits per heavy atom. The van der Waals surface area contributed by atoms with Crippen molar-refractivity contribution in [2.45, 2.75) is 56.3 Å². The number of aliphatic hydroxyl groups is 1. The van der Waals surface area contributed by atoms with Crippen molar-refractivity contribution < 1.29 is 32.6 Å².